The van der Waals surface area contributed by atoms with Crippen LogP contribution in [0.5, 0.6) is 11.5 Å². The number of benzene rings is 3. The average molecular weight is 388 g/mol. The van der Waals surface area contributed by atoms with Crippen molar-refractivity contribution in [2.75, 3.05) is 6.54 Å². The van der Waals surface area contributed by atoms with Gasteiger partial charge in [0.05, 0.1) is 0 Å². The van der Waals surface area contributed by atoms with Gasteiger partial charge in [-0.25, -0.2) is 0 Å². The number of aromatic hydroxyl groups is 1. The summed E-state index contributed by atoms with van der Waals surface area (Å²) in [6.45, 7) is 7.49. The number of ether oxygens (including phenoxy) is 1. The molecule has 3 nitrogen and oxygen atoms in total. The van der Waals surface area contributed by atoms with Crippen LogP contribution in [0.4, 0.5) is 0 Å². The second kappa shape index (κ2) is 7.92. The van der Waals surface area contributed by atoms with E-state index >= 15 is 0 Å². The molecule has 1 aliphatic carbocycles. The highest BCUT2D eigenvalue weighted by Crippen LogP contribution is 2.36. The number of phenols is 1. The van der Waals surface area contributed by atoms with Crippen LogP contribution in [0.25, 0.3) is 11.1 Å². The van der Waals surface area contributed by atoms with Crippen LogP contribution in [0.2, 0.25) is 0 Å². The number of nitrogens with two attached hydrogens (primary N) is 1. The molecule has 3 heteroatoms. The monoisotopic (exact) mass is 387 g/mol. The Bertz CT molecular complexity index is 1030. The standard InChI is InChI=1S/C26H29NO2/c1-16-11-22(28)12-17(2)26(16)24-6-4-5-21(18(24)3)15-29-23-9-10-25-19(13-23)7-8-20(25)14-27/h4-6,9-13,20,28H,7-8,14-15,27H2,1-3H3. The van der Waals surface area contributed by atoms with E-state index in [1.165, 1.54) is 33.4 Å². The fourth-order valence-corrected chi connectivity index (χ4v) is 4.65. The topological polar surface area (TPSA) is 55.5 Å². The van der Waals surface area contributed by atoms with Crippen LogP contribution in [0.3, 0.4) is 0 Å². The molecule has 0 aromatic heterocycles. The maximum absolute atomic E-state index is 9.87. The quantitative estimate of drug-likeness (QED) is 0.603. The van der Waals surface area contributed by atoms with Gasteiger partial charge in [-0.1, -0.05) is 24.3 Å². The maximum atomic E-state index is 9.87. The molecule has 29 heavy (non-hydrogen) atoms. The number of fused-ring (bicyclic) bond motifs is 1. The van der Waals surface area contributed by atoms with Crippen molar-refractivity contribution in [2.24, 2.45) is 5.73 Å². The average Bonchev–Trinajstić information content (AvgIpc) is 3.10. The third kappa shape index (κ3) is 3.75. The summed E-state index contributed by atoms with van der Waals surface area (Å²) in [5.74, 6) is 1.73. The van der Waals surface area contributed by atoms with E-state index in [1.54, 1.807) is 0 Å². The minimum absolute atomic E-state index is 0.314. The van der Waals surface area contributed by atoms with E-state index in [2.05, 4.69) is 43.3 Å². The van der Waals surface area contributed by atoms with Crippen molar-refractivity contribution >= 4 is 0 Å². The summed E-state index contributed by atoms with van der Waals surface area (Å²) in [4.78, 5) is 0. The molecule has 3 N–H and O–H groups in total. The Morgan fingerprint density at radius 1 is 1.03 bits per heavy atom. The predicted octanol–water partition coefficient (Wildman–Crippen LogP) is 5.55. The van der Waals surface area contributed by atoms with E-state index in [-0.39, 0.29) is 0 Å². The first kappa shape index (κ1) is 19.5. The van der Waals surface area contributed by atoms with E-state index in [0.29, 0.717) is 18.3 Å². The van der Waals surface area contributed by atoms with Crippen molar-refractivity contribution in [2.45, 2.75) is 46.1 Å². The maximum Gasteiger partial charge on any atom is 0.120 e. The molecule has 0 bridgehead atoms. The SMILES string of the molecule is Cc1cc(O)cc(C)c1-c1cccc(COc2ccc3c(c2)CCC3CN)c1C. The molecule has 1 aliphatic rings. The van der Waals surface area contributed by atoms with Gasteiger partial charge in [0.2, 0.25) is 0 Å². The lowest BCUT2D eigenvalue weighted by Crippen LogP contribution is -2.09. The fraction of sp³-hybridized carbons (Fsp3) is 0.308. The largest absolute Gasteiger partial charge is 0.508 e. The highest BCUT2D eigenvalue weighted by molar-refractivity contribution is 5.75. The lowest BCUT2D eigenvalue weighted by atomic mass is 9.90. The van der Waals surface area contributed by atoms with E-state index in [0.717, 1.165) is 36.3 Å². The van der Waals surface area contributed by atoms with Gasteiger partial charge >= 0.3 is 0 Å². The van der Waals surface area contributed by atoms with Crippen LogP contribution in [0.15, 0.2) is 48.5 Å². The summed E-state index contributed by atoms with van der Waals surface area (Å²) in [6.07, 6.45) is 2.23. The van der Waals surface area contributed by atoms with Crippen LogP contribution in [-0.4, -0.2) is 11.7 Å². The lowest BCUT2D eigenvalue weighted by molar-refractivity contribution is 0.305. The molecule has 0 saturated carbocycles. The smallest absolute Gasteiger partial charge is 0.120 e. The van der Waals surface area contributed by atoms with Gasteiger partial charge in [-0.15, -0.1) is 0 Å². The van der Waals surface area contributed by atoms with Gasteiger partial charge in [0.25, 0.3) is 0 Å². The fourth-order valence-electron chi connectivity index (χ4n) is 4.65. The van der Waals surface area contributed by atoms with E-state index in [1.807, 2.05) is 26.0 Å². The molecular weight excluding hydrogens is 358 g/mol. The molecular formula is C26H29NO2. The van der Waals surface area contributed by atoms with Crippen LogP contribution in [0, 0.1) is 20.8 Å². The Hall–Kier alpha value is -2.78. The second-order valence-corrected chi connectivity index (χ2v) is 8.16. The summed E-state index contributed by atoms with van der Waals surface area (Å²) < 4.78 is 6.17. The molecule has 0 amide bonds. The first-order valence-corrected chi connectivity index (χ1v) is 10.3. The Morgan fingerprint density at radius 3 is 2.52 bits per heavy atom. The van der Waals surface area contributed by atoms with Crippen LogP contribution in [-0.2, 0) is 13.0 Å². The zero-order valence-electron chi connectivity index (χ0n) is 17.5. The van der Waals surface area contributed by atoms with Gasteiger partial charge in [-0.05, 0) is 115 Å². The number of hydrogen-bond acceptors (Lipinski definition) is 3. The zero-order valence-corrected chi connectivity index (χ0v) is 17.5. The van der Waals surface area contributed by atoms with Crippen molar-refractivity contribution in [3.63, 3.8) is 0 Å². The van der Waals surface area contributed by atoms with Gasteiger partial charge in [0.1, 0.15) is 18.1 Å². The van der Waals surface area contributed by atoms with Gasteiger partial charge in [0.15, 0.2) is 0 Å². The molecule has 0 saturated heterocycles. The van der Waals surface area contributed by atoms with Crippen molar-refractivity contribution in [1.82, 2.24) is 0 Å². The van der Waals surface area contributed by atoms with Crippen molar-refractivity contribution in [3.8, 4) is 22.6 Å². The molecule has 0 heterocycles. The number of aryl methyl sites for hydroxylation is 3. The molecule has 150 valence electrons. The van der Waals surface area contributed by atoms with Crippen LogP contribution >= 0.6 is 0 Å². The number of hydrogen-bond donors (Lipinski definition) is 2. The molecule has 0 radical (unpaired) electrons. The van der Waals surface area contributed by atoms with Crippen molar-refractivity contribution in [3.05, 3.63) is 81.9 Å². The van der Waals surface area contributed by atoms with Gasteiger partial charge in [0, 0.05) is 0 Å². The Balaban J connectivity index is 1.58. The summed E-state index contributed by atoms with van der Waals surface area (Å²) in [7, 11) is 0. The van der Waals surface area contributed by atoms with Crippen molar-refractivity contribution < 1.29 is 9.84 Å². The summed E-state index contributed by atoms with van der Waals surface area (Å²) >= 11 is 0. The molecule has 0 fully saturated rings. The summed E-state index contributed by atoms with van der Waals surface area (Å²) in [6, 6.07) is 16.4. The summed E-state index contributed by atoms with van der Waals surface area (Å²) in [5.41, 5.74) is 15.6. The third-order valence-corrected chi connectivity index (χ3v) is 6.23. The van der Waals surface area contributed by atoms with Gasteiger partial charge in [-0.3, -0.25) is 0 Å². The zero-order chi connectivity index (χ0) is 20.5. The van der Waals surface area contributed by atoms with E-state index < -0.39 is 0 Å². The predicted molar refractivity (Wildman–Crippen MR) is 119 cm³/mol. The first-order chi connectivity index (χ1) is 14.0. The number of rotatable bonds is 5. The lowest BCUT2D eigenvalue weighted by Gasteiger charge is -2.17. The molecule has 1 unspecified atom stereocenters. The van der Waals surface area contributed by atoms with E-state index in [9.17, 15) is 5.11 Å². The minimum atomic E-state index is 0.314. The second-order valence-electron chi connectivity index (χ2n) is 8.16. The first-order valence-electron chi connectivity index (χ1n) is 10.3. The molecule has 0 aliphatic heterocycles. The molecule has 0 spiro atoms. The van der Waals surface area contributed by atoms with Crippen LogP contribution in [0.1, 0.15) is 45.7 Å². The summed E-state index contributed by atoms with van der Waals surface area (Å²) in [5, 5.41) is 9.87. The Kier molecular flexibility index (Phi) is 5.33. The van der Waals surface area contributed by atoms with E-state index in [4.69, 9.17) is 10.5 Å². The third-order valence-electron chi connectivity index (χ3n) is 6.23. The highest BCUT2D eigenvalue weighted by Gasteiger charge is 2.21. The highest BCUT2D eigenvalue weighted by atomic mass is 16.5. The molecule has 1 atom stereocenters. The number of phenolic OH excluding ortho intramolecular Hbond substituents is 1. The molecule has 3 aromatic carbocycles. The molecule has 3 aromatic rings. The minimum Gasteiger partial charge on any atom is -0.508 e. The normalized spacial score (nSPS) is 15.4. The van der Waals surface area contributed by atoms with Gasteiger partial charge < -0.3 is 15.6 Å². The Labute approximate surface area is 173 Å². The van der Waals surface area contributed by atoms with Crippen molar-refractivity contribution in [1.29, 1.82) is 0 Å². The Morgan fingerprint density at radius 2 is 1.79 bits per heavy atom. The van der Waals surface area contributed by atoms with Gasteiger partial charge in [-0.2, -0.15) is 0 Å². The van der Waals surface area contributed by atoms with Crippen LogP contribution < -0.4 is 10.5 Å². The molecule has 4 rings (SSSR count).